The molecule has 3 nitrogen and oxygen atoms in total. The van der Waals surface area contributed by atoms with Gasteiger partial charge in [-0.15, -0.1) is 0 Å². The lowest BCUT2D eigenvalue weighted by atomic mass is 10.2. The van der Waals surface area contributed by atoms with E-state index < -0.39 is 0 Å². The van der Waals surface area contributed by atoms with Gasteiger partial charge in [0, 0.05) is 5.02 Å². The molecule has 0 saturated heterocycles. The lowest BCUT2D eigenvalue weighted by Crippen LogP contribution is -1.89. The minimum Gasteiger partial charge on any atom is -0.390 e. The summed E-state index contributed by atoms with van der Waals surface area (Å²) in [5.41, 5.74) is 10.7. The SMILES string of the molecule is CN.NC=NCc1cccc(Cl)c1. The zero-order valence-corrected chi connectivity index (χ0v) is 8.33. The van der Waals surface area contributed by atoms with Gasteiger partial charge in [0.1, 0.15) is 0 Å². The first kappa shape index (κ1) is 11.9. The molecule has 0 aromatic heterocycles. The fourth-order valence-corrected chi connectivity index (χ4v) is 1.01. The van der Waals surface area contributed by atoms with E-state index in [4.69, 9.17) is 17.3 Å². The van der Waals surface area contributed by atoms with Crippen molar-refractivity contribution in [2.45, 2.75) is 6.54 Å². The van der Waals surface area contributed by atoms with Gasteiger partial charge in [-0.3, -0.25) is 4.99 Å². The van der Waals surface area contributed by atoms with Gasteiger partial charge in [-0.05, 0) is 24.7 Å². The average Bonchev–Trinajstić information content (AvgIpc) is 2.18. The van der Waals surface area contributed by atoms with Gasteiger partial charge in [-0.1, -0.05) is 23.7 Å². The summed E-state index contributed by atoms with van der Waals surface area (Å²) >= 11 is 5.74. The highest BCUT2D eigenvalue weighted by Gasteiger charge is 1.90. The largest absolute Gasteiger partial charge is 0.390 e. The van der Waals surface area contributed by atoms with E-state index in [9.17, 15) is 0 Å². The highest BCUT2D eigenvalue weighted by atomic mass is 35.5. The summed E-state index contributed by atoms with van der Waals surface area (Å²) in [4.78, 5) is 3.88. The Balaban J connectivity index is 0.000000671. The Morgan fingerprint density at radius 3 is 2.69 bits per heavy atom. The summed E-state index contributed by atoms with van der Waals surface area (Å²) in [5, 5.41) is 0.731. The maximum absolute atomic E-state index is 5.74. The van der Waals surface area contributed by atoms with Crippen molar-refractivity contribution in [3.8, 4) is 0 Å². The van der Waals surface area contributed by atoms with Gasteiger partial charge in [-0.2, -0.15) is 0 Å². The molecule has 0 fully saturated rings. The van der Waals surface area contributed by atoms with Crippen LogP contribution in [0.5, 0.6) is 0 Å². The molecule has 4 heteroatoms. The second-order valence-electron chi connectivity index (χ2n) is 2.12. The molecule has 0 aliphatic heterocycles. The van der Waals surface area contributed by atoms with Gasteiger partial charge in [0.25, 0.3) is 0 Å². The van der Waals surface area contributed by atoms with Crippen LogP contribution in [0.2, 0.25) is 5.02 Å². The maximum Gasteiger partial charge on any atom is 0.0801 e. The Morgan fingerprint density at radius 2 is 2.15 bits per heavy atom. The molecule has 1 aromatic rings. The minimum absolute atomic E-state index is 0.594. The average molecular weight is 200 g/mol. The monoisotopic (exact) mass is 199 g/mol. The third-order valence-electron chi connectivity index (χ3n) is 1.27. The summed E-state index contributed by atoms with van der Waals surface area (Å²) < 4.78 is 0. The third kappa shape index (κ3) is 5.22. The van der Waals surface area contributed by atoms with Gasteiger partial charge >= 0.3 is 0 Å². The number of benzene rings is 1. The molecule has 1 rings (SSSR count). The van der Waals surface area contributed by atoms with Gasteiger partial charge in [0.15, 0.2) is 0 Å². The van der Waals surface area contributed by atoms with Gasteiger partial charge in [0.2, 0.25) is 0 Å². The van der Waals surface area contributed by atoms with Crippen LogP contribution in [-0.2, 0) is 6.54 Å². The van der Waals surface area contributed by atoms with Crippen LogP contribution in [0.15, 0.2) is 29.3 Å². The van der Waals surface area contributed by atoms with Gasteiger partial charge in [-0.25, -0.2) is 0 Å². The van der Waals surface area contributed by atoms with Gasteiger partial charge < -0.3 is 11.5 Å². The zero-order valence-electron chi connectivity index (χ0n) is 7.57. The molecule has 0 spiro atoms. The molecule has 13 heavy (non-hydrogen) atoms. The van der Waals surface area contributed by atoms with Crippen LogP contribution in [0.4, 0.5) is 0 Å². The molecule has 0 atom stereocenters. The van der Waals surface area contributed by atoms with E-state index in [0.29, 0.717) is 6.54 Å². The first-order valence-corrected chi connectivity index (χ1v) is 4.23. The predicted octanol–water partition coefficient (Wildman–Crippen LogP) is 1.40. The van der Waals surface area contributed by atoms with Crippen molar-refractivity contribution in [2.24, 2.45) is 16.5 Å². The van der Waals surface area contributed by atoms with E-state index in [1.54, 1.807) is 0 Å². The quantitative estimate of drug-likeness (QED) is 0.559. The van der Waals surface area contributed by atoms with Crippen LogP contribution < -0.4 is 11.5 Å². The summed E-state index contributed by atoms with van der Waals surface area (Å²) in [7, 11) is 1.50. The molecular formula is C9H14ClN3. The van der Waals surface area contributed by atoms with Crippen molar-refractivity contribution >= 4 is 17.9 Å². The van der Waals surface area contributed by atoms with E-state index in [0.717, 1.165) is 10.6 Å². The highest BCUT2D eigenvalue weighted by molar-refractivity contribution is 6.30. The van der Waals surface area contributed by atoms with Crippen LogP contribution >= 0.6 is 11.6 Å². The molecular weight excluding hydrogens is 186 g/mol. The van der Waals surface area contributed by atoms with Crippen LogP contribution in [-0.4, -0.2) is 13.4 Å². The molecule has 72 valence electrons. The molecule has 0 aliphatic carbocycles. The number of rotatable bonds is 2. The number of nitrogens with zero attached hydrogens (tertiary/aromatic N) is 1. The van der Waals surface area contributed by atoms with Crippen molar-refractivity contribution in [1.29, 1.82) is 0 Å². The van der Waals surface area contributed by atoms with E-state index in [1.165, 1.54) is 13.4 Å². The number of halogens is 1. The van der Waals surface area contributed by atoms with Crippen LogP contribution in [0.25, 0.3) is 0 Å². The molecule has 0 aliphatic rings. The number of hydrogen-bond donors (Lipinski definition) is 2. The summed E-state index contributed by atoms with van der Waals surface area (Å²) in [6.07, 6.45) is 1.29. The standard InChI is InChI=1S/C8H9ClN2.CH5N/c9-8-3-1-2-7(4-8)5-11-6-10;1-2/h1-4,6H,5H2,(H2,10,11);2H2,1H3. The van der Waals surface area contributed by atoms with Crippen molar-refractivity contribution in [2.75, 3.05) is 7.05 Å². The molecule has 0 unspecified atom stereocenters. The second kappa shape index (κ2) is 7.58. The number of nitrogens with two attached hydrogens (primary N) is 2. The molecule has 1 aromatic carbocycles. The van der Waals surface area contributed by atoms with Crippen LogP contribution in [0.1, 0.15) is 5.56 Å². The summed E-state index contributed by atoms with van der Waals surface area (Å²) in [6, 6.07) is 7.55. The Kier molecular flexibility index (Phi) is 6.96. The van der Waals surface area contributed by atoms with E-state index in [2.05, 4.69) is 10.7 Å². The fourth-order valence-electron chi connectivity index (χ4n) is 0.793. The normalized spacial score (nSPS) is 9.46. The van der Waals surface area contributed by atoms with Crippen molar-refractivity contribution < 1.29 is 0 Å². The minimum atomic E-state index is 0.594. The molecule has 0 heterocycles. The van der Waals surface area contributed by atoms with Crippen LogP contribution in [0, 0.1) is 0 Å². The van der Waals surface area contributed by atoms with E-state index >= 15 is 0 Å². The van der Waals surface area contributed by atoms with Crippen LogP contribution in [0.3, 0.4) is 0 Å². The molecule has 0 bridgehead atoms. The summed E-state index contributed by atoms with van der Waals surface area (Å²) in [6.45, 7) is 0.594. The molecule has 0 radical (unpaired) electrons. The van der Waals surface area contributed by atoms with Crippen molar-refractivity contribution in [3.05, 3.63) is 34.9 Å². The Hall–Kier alpha value is -1.06. The zero-order chi connectivity index (χ0) is 10.1. The smallest absolute Gasteiger partial charge is 0.0801 e. The van der Waals surface area contributed by atoms with Gasteiger partial charge in [0.05, 0.1) is 12.9 Å². The maximum atomic E-state index is 5.74. The number of aliphatic imine (C=N–C) groups is 1. The Morgan fingerprint density at radius 1 is 1.46 bits per heavy atom. The lowest BCUT2D eigenvalue weighted by molar-refractivity contribution is 1.07. The first-order chi connectivity index (χ1) is 6.33. The topological polar surface area (TPSA) is 64.4 Å². The predicted molar refractivity (Wildman–Crippen MR) is 57.9 cm³/mol. The second-order valence-corrected chi connectivity index (χ2v) is 2.56. The fraction of sp³-hybridized carbons (Fsp3) is 0.222. The number of hydrogen-bond acceptors (Lipinski definition) is 2. The molecule has 0 saturated carbocycles. The lowest BCUT2D eigenvalue weighted by Gasteiger charge is -1.95. The molecule has 4 N–H and O–H groups in total. The first-order valence-electron chi connectivity index (χ1n) is 3.85. The third-order valence-corrected chi connectivity index (χ3v) is 1.50. The highest BCUT2D eigenvalue weighted by Crippen LogP contribution is 2.10. The molecule has 0 amide bonds. The van der Waals surface area contributed by atoms with E-state index in [1.807, 2.05) is 24.3 Å². The summed E-state index contributed by atoms with van der Waals surface area (Å²) in [5.74, 6) is 0. The Labute approximate surface area is 83.4 Å². The Bertz CT molecular complexity index is 261. The van der Waals surface area contributed by atoms with Crippen molar-refractivity contribution in [1.82, 2.24) is 0 Å². The van der Waals surface area contributed by atoms with Crippen molar-refractivity contribution in [3.63, 3.8) is 0 Å². The van der Waals surface area contributed by atoms with E-state index in [-0.39, 0.29) is 0 Å².